The number of anilines is 1. The predicted molar refractivity (Wildman–Crippen MR) is 108 cm³/mol. The Morgan fingerprint density at radius 2 is 1.65 bits per heavy atom. The summed E-state index contributed by atoms with van der Waals surface area (Å²) in [6.45, 7) is 9.33. The molecule has 0 atom stereocenters. The van der Waals surface area contributed by atoms with Gasteiger partial charge in [0, 0.05) is 18.2 Å². The second-order valence-corrected chi connectivity index (χ2v) is 7.43. The van der Waals surface area contributed by atoms with E-state index in [2.05, 4.69) is 73.5 Å². The number of carbonyl (C=O) groups is 1. The highest BCUT2D eigenvalue weighted by atomic mass is 16.1. The van der Waals surface area contributed by atoms with E-state index in [0.717, 1.165) is 50.1 Å². The Kier molecular flexibility index (Phi) is 6.10. The molecule has 1 saturated heterocycles. The van der Waals surface area contributed by atoms with Gasteiger partial charge in [-0.2, -0.15) is 0 Å². The summed E-state index contributed by atoms with van der Waals surface area (Å²) in [6, 6.07) is 14.8. The predicted octanol–water partition coefficient (Wildman–Crippen LogP) is 4.72. The fraction of sp³-hybridized carbons (Fsp3) is 0.435. The van der Waals surface area contributed by atoms with Gasteiger partial charge in [0.2, 0.25) is 5.91 Å². The van der Waals surface area contributed by atoms with Crippen molar-refractivity contribution in [2.45, 2.75) is 46.6 Å². The quantitative estimate of drug-likeness (QED) is 0.846. The third kappa shape index (κ3) is 4.34. The van der Waals surface area contributed by atoms with Crippen molar-refractivity contribution < 1.29 is 4.79 Å². The number of hydrogen-bond acceptors (Lipinski definition) is 2. The van der Waals surface area contributed by atoms with E-state index < -0.39 is 0 Å². The van der Waals surface area contributed by atoms with Crippen molar-refractivity contribution in [3.05, 3.63) is 64.7 Å². The van der Waals surface area contributed by atoms with Crippen molar-refractivity contribution in [3.8, 4) is 0 Å². The van der Waals surface area contributed by atoms with E-state index in [9.17, 15) is 4.79 Å². The van der Waals surface area contributed by atoms with Gasteiger partial charge in [0.15, 0.2) is 0 Å². The average molecular weight is 351 g/mol. The minimum atomic E-state index is 0.118. The number of rotatable bonds is 5. The number of hydrogen-bond donors (Lipinski definition) is 1. The van der Waals surface area contributed by atoms with Crippen molar-refractivity contribution in [3.63, 3.8) is 0 Å². The lowest BCUT2D eigenvalue weighted by molar-refractivity contribution is -0.121. The Balaban J connectivity index is 1.57. The summed E-state index contributed by atoms with van der Waals surface area (Å²) < 4.78 is 0. The normalized spacial score (nSPS) is 15.8. The molecule has 1 fully saturated rings. The molecule has 1 aliphatic heterocycles. The van der Waals surface area contributed by atoms with E-state index in [1.807, 2.05) is 0 Å². The highest BCUT2D eigenvalue weighted by Crippen LogP contribution is 2.25. The zero-order chi connectivity index (χ0) is 18.5. The van der Waals surface area contributed by atoms with Crippen LogP contribution in [0, 0.1) is 19.8 Å². The molecule has 1 amide bonds. The minimum Gasteiger partial charge on any atom is -0.325 e. The zero-order valence-corrected chi connectivity index (χ0v) is 16.2. The first kappa shape index (κ1) is 18.7. The molecule has 0 aromatic heterocycles. The van der Waals surface area contributed by atoms with E-state index in [4.69, 9.17) is 0 Å². The highest BCUT2D eigenvalue weighted by Gasteiger charge is 2.25. The molecule has 1 N–H and O–H groups in total. The lowest BCUT2D eigenvalue weighted by Crippen LogP contribution is -2.38. The number of likely N-dealkylation sites (tertiary alicyclic amines) is 1. The molecule has 1 aliphatic rings. The monoisotopic (exact) mass is 350 g/mol. The van der Waals surface area contributed by atoms with Gasteiger partial charge < -0.3 is 5.32 Å². The van der Waals surface area contributed by atoms with Crippen molar-refractivity contribution in [1.29, 1.82) is 0 Å². The van der Waals surface area contributed by atoms with Crippen LogP contribution in [0.1, 0.15) is 42.0 Å². The molecule has 26 heavy (non-hydrogen) atoms. The van der Waals surface area contributed by atoms with Crippen LogP contribution in [0.15, 0.2) is 42.5 Å². The van der Waals surface area contributed by atoms with Gasteiger partial charge >= 0.3 is 0 Å². The van der Waals surface area contributed by atoms with E-state index >= 15 is 0 Å². The fourth-order valence-electron chi connectivity index (χ4n) is 3.81. The molecule has 2 aromatic carbocycles. The number of benzene rings is 2. The van der Waals surface area contributed by atoms with Gasteiger partial charge in [-0.15, -0.1) is 0 Å². The molecule has 1 heterocycles. The fourth-order valence-corrected chi connectivity index (χ4v) is 3.81. The van der Waals surface area contributed by atoms with Gasteiger partial charge in [-0.1, -0.05) is 49.4 Å². The van der Waals surface area contributed by atoms with Crippen LogP contribution >= 0.6 is 0 Å². The molecule has 3 nitrogen and oxygen atoms in total. The summed E-state index contributed by atoms with van der Waals surface area (Å²) in [5.74, 6) is 0.303. The first-order valence-electron chi connectivity index (χ1n) is 9.74. The lowest BCUT2D eigenvalue weighted by Gasteiger charge is -2.32. The van der Waals surface area contributed by atoms with Crippen LogP contribution < -0.4 is 5.32 Å². The van der Waals surface area contributed by atoms with Crippen LogP contribution in [-0.2, 0) is 17.8 Å². The second-order valence-electron chi connectivity index (χ2n) is 7.43. The summed E-state index contributed by atoms with van der Waals surface area (Å²) >= 11 is 0. The standard InChI is InChI=1S/C23H30N2O/c1-4-19-11-7-9-18(3)22(19)24-23(26)20-12-14-25(15-13-20)16-21-10-6-5-8-17(21)2/h5-11,20H,4,12-16H2,1-3H3,(H,24,26). The first-order valence-corrected chi connectivity index (χ1v) is 9.74. The molecule has 3 rings (SSSR count). The number of nitrogens with one attached hydrogen (secondary N) is 1. The van der Waals surface area contributed by atoms with E-state index in [-0.39, 0.29) is 11.8 Å². The van der Waals surface area contributed by atoms with Gasteiger partial charge in [0.25, 0.3) is 0 Å². The SMILES string of the molecule is CCc1cccc(C)c1NC(=O)C1CCN(Cc2ccccc2C)CC1. The number of nitrogens with zero attached hydrogens (tertiary/aromatic N) is 1. The maximum atomic E-state index is 12.8. The average Bonchev–Trinajstić information content (AvgIpc) is 2.65. The van der Waals surface area contributed by atoms with E-state index in [1.54, 1.807) is 0 Å². The maximum Gasteiger partial charge on any atom is 0.227 e. The molecule has 0 aliphatic carbocycles. The lowest BCUT2D eigenvalue weighted by atomic mass is 9.94. The van der Waals surface area contributed by atoms with Crippen LogP contribution in [0.25, 0.3) is 0 Å². The second kappa shape index (κ2) is 8.50. The molecule has 2 aromatic rings. The Bertz CT molecular complexity index is 761. The number of carbonyl (C=O) groups excluding carboxylic acids is 1. The smallest absolute Gasteiger partial charge is 0.227 e. The van der Waals surface area contributed by atoms with Gasteiger partial charge in [0.05, 0.1) is 0 Å². The molecule has 0 saturated carbocycles. The molecular formula is C23H30N2O. The van der Waals surface area contributed by atoms with Gasteiger partial charge in [-0.3, -0.25) is 9.69 Å². The number of amides is 1. The van der Waals surface area contributed by atoms with E-state index in [0.29, 0.717) is 0 Å². The summed E-state index contributed by atoms with van der Waals surface area (Å²) in [5, 5.41) is 3.22. The Morgan fingerprint density at radius 3 is 2.35 bits per heavy atom. The van der Waals surface area contributed by atoms with Crippen molar-refractivity contribution in [2.24, 2.45) is 5.92 Å². The largest absolute Gasteiger partial charge is 0.325 e. The third-order valence-electron chi connectivity index (χ3n) is 5.60. The summed E-state index contributed by atoms with van der Waals surface area (Å²) in [4.78, 5) is 15.2. The van der Waals surface area contributed by atoms with Crippen molar-refractivity contribution >= 4 is 11.6 Å². The van der Waals surface area contributed by atoms with Gasteiger partial charge in [-0.05, 0) is 68.5 Å². The number of aryl methyl sites for hydroxylation is 3. The maximum absolute atomic E-state index is 12.8. The minimum absolute atomic E-state index is 0.118. The van der Waals surface area contributed by atoms with Crippen LogP contribution in [0.5, 0.6) is 0 Å². The summed E-state index contributed by atoms with van der Waals surface area (Å²) in [5.41, 5.74) is 6.12. The summed E-state index contributed by atoms with van der Waals surface area (Å²) in [7, 11) is 0. The highest BCUT2D eigenvalue weighted by molar-refractivity contribution is 5.94. The molecule has 0 spiro atoms. The van der Waals surface area contributed by atoms with E-state index in [1.165, 1.54) is 16.7 Å². The molecule has 3 heteroatoms. The van der Waals surface area contributed by atoms with Crippen molar-refractivity contribution in [1.82, 2.24) is 4.90 Å². The van der Waals surface area contributed by atoms with Crippen LogP contribution in [0.3, 0.4) is 0 Å². The molecule has 138 valence electrons. The molecule has 0 bridgehead atoms. The third-order valence-corrected chi connectivity index (χ3v) is 5.60. The van der Waals surface area contributed by atoms with Gasteiger partial charge in [0.1, 0.15) is 0 Å². The Labute approximate surface area is 157 Å². The molecule has 0 radical (unpaired) electrons. The number of piperidine rings is 1. The first-order chi connectivity index (χ1) is 12.6. The molecule has 0 unspecified atom stereocenters. The van der Waals surface area contributed by atoms with Crippen LogP contribution in [0.4, 0.5) is 5.69 Å². The Hall–Kier alpha value is -2.13. The van der Waals surface area contributed by atoms with Crippen LogP contribution in [0.2, 0.25) is 0 Å². The van der Waals surface area contributed by atoms with Crippen LogP contribution in [-0.4, -0.2) is 23.9 Å². The number of para-hydroxylation sites is 1. The van der Waals surface area contributed by atoms with Crippen molar-refractivity contribution in [2.75, 3.05) is 18.4 Å². The zero-order valence-electron chi connectivity index (χ0n) is 16.2. The Morgan fingerprint density at radius 1 is 1.00 bits per heavy atom. The summed E-state index contributed by atoms with van der Waals surface area (Å²) in [6.07, 6.45) is 2.81. The van der Waals surface area contributed by atoms with Gasteiger partial charge in [-0.25, -0.2) is 0 Å². The molecular weight excluding hydrogens is 320 g/mol. The topological polar surface area (TPSA) is 32.3 Å².